The number of aliphatic hydroxyl groups excluding tert-OH is 1. The Kier molecular flexibility index (Phi) is 7.92. The number of esters is 1. The maximum absolute atomic E-state index is 12.8. The van der Waals surface area contributed by atoms with Crippen molar-refractivity contribution < 1.29 is 47.9 Å². The number of carbonyl (C=O) groups is 2. The second-order valence-electron chi connectivity index (χ2n) is 11.2. The molecule has 2 aliphatic carbocycles. The fourth-order valence-electron chi connectivity index (χ4n) is 5.68. The Bertz CT molecular complexity index is 1180. The molecule has 1 amide bonds. The Hall–Kier alpha value is -2.64. The highest BCUT2D eigenvalue weighted by Crippen LogP contribution is 2.43. The van der Waals surface area contributed by atoms with E-state index in [4.69, 9.17) is 33.2 Å². The number of carbonyl (C=O) groups excluding carboxylic acids is 2. The molecule has 2 N–H and O–H groups in total. The molecule has 40 heavy (non-hydrogen) atoms. The number of hydrogen-bond acceptors (Lipinski definition) is 10. The Morgan fingerprint density at radius 1 is 0.900 bits per heavy atom. The zero-order chi connectivity index (χ0) is 28.8. The van der Waals surface area contributed by atoms with Gasteiger partial charge >= 0.3 is 5.97 Å². The van der Waals surface area contributed by atoms with Gasteiger partial charge in [0.25, 0.3) is 0 Å². The predicted molar refractivity (Wildman–Crippen MR) is 140 cm³/mol. The molecule has 0 saturated carbocycles. The lowest BCUT2D eigenvalue weighted by Crippen LogP contribution is -2.56. The summed E-state index contributed by atoms with van der Waals surface area (Å²) in [6, 6.07) is 9.56. The third kappa shape index (κ3) is 5.60. The van der Waals surface area contributed by atoms with Gasteiger partial charge in [-0.2, -0.15) is 0 Å². The van der Waals surface area contributed by atoms with Crippen LogP contribution in [0.5, 0.6) is 0 Å². The summed E-state index contributed by atoms with van der Waals surface area (Å²) in [6.07, 6.45) is -3.80. The van der Waals surface area contributed by atoms with E-state index < -0.39 is 66.4 Å². The minimum atomic E-state index is -1.17. The van der Waals surface area contributed by atoms with E-state index >= 15 is 0 Å². The number of rotatable bonds is 7. The van der Waals surface area contributed by atoms with Crippen molar-refractivity contribution in [3.63, 3.8) is 0 Å². The number of likely N-dealkylation sites (N-methyl/N-ethyl adjacent to an activating group) is 1. The average Bonchev–Trinajstić information content (AvgIpc) is 3.43. The Balaban J connectivity index is 1.50. The SMILES string of the molecule is CNC(=O)C1=C[C@H](O[C@H]2[C@@H]3OC(C)(C)O[C@@H]3C(C(=O)OC)=C[C@@H]2OCc2ccccc2)[C@@H](O)[C@@H]2OC(C)(C)O[C@H]12. The van der Waals surface area contributed by atoms with Crippen LogP contribution in [-0.4, -0.2) is 91.5 Å². The third-order valence-electron chi connectivity index (χ3n) is 7.39. The van der Waals surface area contributed by atoms with Crippen LogP contribution in [0.25, 0.3) is 0 Å². The molecule has 2 fully saturated rings. The van der Waals surface area contributed by atoms with Gasteiger partial charge in [0.2, 0.25) is 5.91 Å². The molecule has 8 atom stereocenters. The molecule has 11 heteroatoms. The van der Waals surface area contributed by atoms with Gasteiger partial charge in [-0.05, 0) is 45.4 Å². The zero-order valence-electron chi connectivity index (χ0n) is 23.5. The monoisotopic (exact) mass is 559 g/mol. The van der Waals surface area contributed by atoms with E-state index in [1.165, 1.54) is 14.2 Å². The molecule has 2 saturated heterocycles. The first-order valence-electron chi connectivity index (χ1n) is 13.4. The minimum absolute atomic E-state index is 0.223. The van der Waals surface area contributed by atoms with Gasteiger partial charge in [-0.25, -0.2) is 4.79 Å². The summed E-state index contributed by atoms with van der Waals surface area (Å²) in [5, 5.41) is 14.0. The molecule has 2 heterocycles. The van der Waals surface area contributed by atoms with E-state index in [1.807, 2.05) is 30.3 Å². The predicted octanol–water partition coefficient (Wildman–Crippen LogP) is 1.53. The Labute approximate surface area is 233 Å². The van der Waals surface area contributed by atoms with Crippen LogP contribution in [0.2, 0.25) is 0 Å². The van der Waals surface area contributed by atoms with Crippen molar-refractivity contribution in [3.8, 4) is 0 Å². The number of fused-ring (bicyclic) bond motifs is 2. The number of amides is 1. The Morgan fingerprint density at radius 2 is 1.50 bits per heavy atom. The van der Waals surface area contributed by atoms with Gasteiger partial charge in [0.15, 0.2) is 11.6 Å². The van der Waals surface area contributed by atoms with Crippen molar-refractivity contribution in [2.24, 2.45) is 0 Å². The van der Waals surface area contributed by atoms with Crippen LogP contribution in [-0.2, 0) is 49.4 Å². The first-order chi connectivity index (χ1) is 18.9. The summed E-state index contributed by atoms with van der Waals surface area (Å²) in [4.78, 5) is 25.6. The molecule has 0 aromatic heterocycles. The number of nitrogens with one attached hydrogen (secondary N) is 1. The topological polar surface area (TPSA) is 131 Å². The summed E-state index contributed by atoms with van der Waals surface area (Å²) in [6.45, 7) is 7.15. The van der Waals surface area contributed by atoms with Crippen LogP contribution in [0.3, 0.4) is 0 Å². The molecule has 11 nitrogen and oxygen atoms in total. The van der Waals surface area contributed by atoms with Crippen LogP contribution in [0.1, 0.15) is 33.3 Å². The lowest BCUT2D eigenvalue weighted by Gasteiger charge is -2.40. The van der Waals surface area contributed by atoms with Crippen LogP contribution < -0.4 is 5.32 Å². The molecule has 1 aromatic carbocycles. The van der Waals surface area contributed by atoms with E-state index in [2.05, 4.69) is 5.32 Å². The van der Waals surface area contributed by atoms with Gasteiger partial charge in [0.05, 0.1) is 19.3 Å². The summed E-state index contributed by atoms with van der Waals surface area (Å²) in [5.41, 5.74) is 1.47. The number of ether oxygens (including phenoxy) is 7. The molecule has 0 bridgehead atoms. The van der Waals surface area contributed by atoms with Gasteiger partial charge < -0.3 is 43.6 Å². The van der Waals surface area contributed by atoms with E-state index in [0.717, 1.165) is 5.56 Å². The van der Waals surface area contributed by atoms with Crippen LogP contribution in [0.4, 0.5) is 0 Å². The molecule has 5 rings (SSSR count). The summed E-state index contributed by atoms with van der Waals surface area (Å²) in [5.74, 6) is -2.99. The lowest BCUT2D eigenvalue weighted by molar-refractivity contribution is -0.198. The van der Waals surface area contributed by atoms with Crippen molar-refractivity contribution in [3.05, 3.63) is 59.2 Å². The number of aliphatic hydroxyl groups is 1. The maximum Gasteiger partial charge on any atom is 0.336 e. The van der Waals surface area contributed by atoms with Gasteiger partial charge in [0.1, 0.15) is 48.8 Å². The average molecular weight is 560 g/mol. The van der Waals surface area contributed by atoms with E-state index in [0.29, 0.717) is 0 Å². The van der Waals surface area contributed by atoms with E-state index in [-0.39, 0.29) is 23.7 Å². The van der Waals surface area contributed by atoms with Gasteiger partial charge in [-0.1, -0.05) is 30.3 Å². The number of hydrogen-bond donors (Lipinski definition) is 2. The van der Waals surface area contributed by atoms with Crippen molar-refractivity contribution in [2.45, 2.75) is 94.7 Å². The summed E-state index contributed by atoms with van der Waals surface area (Å²) in [7, 11) is 2.82. The van der Waals surface area contributed by atoms with Crippen molar-refractivity contribution in [1.82, 2.24) is 5.32 Å². The van der Waals surface area contributed by atoms with Crippen LogP contribution in [0, 0.1) is 0 Å². The minimum Gasteiger partial charge on any atom is -0.466 e. The third-order valence-corrected chi connectivity index (χ3v) is 7.39. The fourth-order valence-corrected chi connectivity index (χ4v) is 5.68. The zero-order valence-corrected chi connectivity index (χ0v) is 23.5. The highest BCUT2D eigenvalue weighted by Gasteiger charge is 2.57. The van der Waals surface area contributed by atoms with Gasteiger partial charge in [0, 0.05) is 12.6 Å². The smallest absolute Gasteiger partial charge is 0.336 e. The lowest BCUT2D eigenvalue weighted by atomic mass is 9.86. The Morgan fingerprint density at radius 3 is 2.12 bits per heavy atom. The van der Waals surface area contributed by atoms with Crippen molar-refractivity contribution in [1.29, 1.82) is 0 Å². The second-order valence-corrected chi connectivity index (χ2v) is 11.2. The molecule has 0 spiro atoms. The van der Waals surface area contributed by atoms with E-state index in [1.54, 1.807) is 39.8 Å². The first-order valence-corrected chi connectivity index (χ1v) is 13.4. The summed E-state index contributed by atoms with van der Waals surface area (Å²) >= 11 is 0. The largest absolute Gasteiger partial charge is 0.466 e. The van der Waals surface area contributed by atoms with Gasteiger partial charge in [-0.3, -0.25) is 4.79 Å². The molecule has 0 radical (unpaired) electrons. The molecular weight excluding hydrogens is 522 g/mol. The number of benzene rings is 1. The van der Waals surface area contributed by atoms with Crippen LogP contribution in [0.15, 0.2) is 53.6 Å². The van der Waals surface area contributed by atoms with Crippen LogP contribution >= 0.6 is 0 Å². The molecular formula is C29H37NO10. The molecule has 1 aromatic rings. The highest BCUT2D eigenvalue weighted by molar-refractivity contribution is 5.94. The standard InChI is InChI=1S/C29H37NO10/c1-28(2)37-21-16(26(32)30-5)12-18(20(31)24(21)39-28)36-23-19(35-14-15-10-8-7-9-11-15)13-17(27(33)34-6)22-25(23)40-29(3,4)38-22/h7-13,18-25,31H,14H2,1-6H3,(H,30,32)/t18-,19-,20+,21+,22+,23+,24-,25+/m0/s1. The maximum atomic E-state index is 12.8. The molecule has 0 unspecified atom stereocenters. The molecule has 4 aliphatic rings. The molecule has 218 valence electrons. The molecule has 2 aliphatic heterocycles. The summed E-state index contributed by atoms with van der Waals surface area (Å²) < 4.78 is 42.2. The first kappa shape index (κ1) is 28.9. The van der Waals surface area contributed by atoms with Crippen molar-refractivity contribution in [2.75, 3.05) is 14.2 Å². The normalized spacial score (nSPS) is 35.7. The van der Waals surface area contributed by atoms with Gasteiger partial charge in [-0.15, -0.1) is 0 Å². The van der Waals surface area contributed by atoms with E-state index in [9.17, 15) is 14.7 Å². The number of methoxy groups -OCH3 is 1. The second kappa shape index (κ2) is 11.0. The highest BCUT2D eigenvalue weighted by atomic mass is 16.8. The fraction of sp³-hybridized carbons (Fsp3) is 0.586. The van der Waals surface area contributed by atoms with Crippen molar-refractivity contribution >= 4 is 11.9 Å². The quantitative estimate of drug-likeness (QED) is 0.474.